The molecule has 2 atom stereocenters. The van der Waals surface area contributed by atoms with E-state index in [1.807, 2.05) is 6.92 Å². The van der Waals surface area contributed by atoms with Crippen LogP contribution in [0.15, 0.2) is 12.4 Å². The van der Waals surface area contributed by atoms with Crippen molar-refractivity contribution in [1.29, 1.82) is 0 Å². The highest BCUT2D eigenvalue weighted by Crippen LogP contribution is 2.13. The Morgan fingerprint density at radius 2 is 2.47 bits per heavy atom. The highest BCUT2D eigenvalue weighted by Gasteiger charge is 2.23. The molecule has 6 nitrogen and oxygen atoms in total. The number of nitrogens with zero attached hydrogens (tertiary/aromatic N) is 1. The maximum atomic E-state index is 11.9. The van der Waals surface area contributed by atoms with Gasteiger partial charge in [0, 0.05) is 23.8 Å². The van der Waals surface area contributed by atoms with Crippen LogP contribution in [0.5, 0.6) is 0 Å². The van der Waals surface area contributed by atoms with Crippen LogP contribution in [0.2, 0.25) is 0 Å². The second-order valence-corrected chi connectivity index (χ2v) is 6.24. The number of sulfonamides is 1. The number of aromatic nitrogens is 2. The van der Waals surface area contributed by atoms with Crippen LogP contribution in [0.3, 0.4) is 0 Å². The normalized spacial score (nSPS) is 22.8. The molecule has 0 saturated carbocycles. The molecule has 0 bridgehead atoms. The highest BCUT2D eigenvalue weighted by molar-refractivity contribution is 7.89. The van der Waals surface area contributed by atoms with Crippen LogP contribution in [0.25, 0.3) is 0 Å². The van der Waals surface area contributed by atoms with Crippen LogP contribution >= 0.6 is 0 Å². The molecule has 0 aromatic carbocycles. The van der Waals surface area contributed by atoms with Crippen LogP contribution in [-0.2, 0) is 10.0 Å². The summed E-state index contributed by atoms with van der Waals surface area (Å²) in [6.45, 7) is 2.72. The van der Waals surface area contributed by atoms with Gasteiger partial charge < -0.3 is 5.32 Å². The van der Waals surface area contributed by atoms with Crippen molar-refractivity contribution >= 4 is 10.0 Å². The summed E-state index contributed by atoms with van der Waals surface area (Å²) in [6, 6.07) is -0.163. The molecule has 0 aliphatic carbocycles. The zero-order valence-corrected chi connectivity index (χ0v) is 10.6. The fourth-order valence-corrected chi connectivity index (χ4v) is 3.63. The Labute approximate surface area is 101 Å². The van der Waals surface area contributed by atoms with Gasteiger partial charge in [-0.3, -0.25) is 5.10 Å². The molecule has 3 N–H and O–H groups in total. The first kappa shape index (κ1) is 12.5. The summed E-state index contributed by atoms with van der Waals surface area (Å²) in [6.07, 6.45) is 5.31. The van der Waals surface area contributed by atoms with Gasteiger partial charge in [0.1, 0.15) is 0 Å². The minimum Gasteiger partial charge on any atom is -0.313 e. The van der Waals surface area contributed by atoms with Crippen molar-refractivity contribution in [1.82, 2.24) is 20.2 Å². The van der Waals surface area contributed by atoms with Crippen molar-refractivity contribution in [3.05, 3.63) is 18.0 Å². The predicted octanol–water partition coefficient (Wildman–Crippen LogP) is 0.142. The van der Waals surface area contributed by atoms with Crippen LogP contribution in [-0.4, -0.2) is 37.0 Å². The lowest BCUT2D eigenvalue weighted by Crippen LogP contribution is -2.37. The quantitative estimate of drug-likeness (QED) is 0.701. The third-order valence-corrected chi connectivity index (χ3v) is 4.51. The van der Waals surface area contributed by atoms with Crippen LogP contribution in [0, 0.1) is 0 Å². The summed E-state index contributed by atoms with van der Waals surface area (Å²) in [7, 11) is -3.24. The zero-order chi connectivity index (χ0) is 12.3. The second-order valence-electron chi connectivity index (χ2n) is 4.45. The lowest BCUT2D eigenvalue weighted by Gasteiger charge is -2.15. The summed E-state index contributed by atoms with van der Waals surface area (Å²) >= 11 is 0. The summed E-state index contributed by atoms with van der Waals surface area (Å²) in [5, 5.41) is 9.66. The molecular weight excluding hydrogens is 240 g/mol. The fraction of sp³-hybridized carbons (Fsp3) is 0.700. The number of hydrogen-bond acceptors (Lipinski definition) is 4. The summed E-state index contributed by atoms with van der Waals surface area (Å²) < 4.78 is 26.5. The van der Waals surface area contributed by atoms with Crippen molar-refractivity contribution in [2.24, 2.45) is 0 Å². The molecule has 1 aliphatic heterocycles. The van der Waals surface area contributed by atoms with Gasteiger partial charge >= 0.3 is 0 Å². The molecule has 1 saturated heterocycles. The van der Waals surface area contributed by atoms with Gasteiger partial charge in [0.2, 0.25) is 10.0 Å². The molecule has 17 heavy (non-hydrogen) atoms. The van der Waals surface area contributed by atoms with E-state index in [-0.39, 0.29) is 17.8 Å². The topological polar surface area (TPSA) is 86.9 Å². The molecule has 2 rings (SSSR count). The monoisotopic (exact) mass is 258 g/mol. The number of rotatable bonds is 5. The Morgan fingerprint density at radius 3 is 3.06 bits per heavy atom. The lowest BCUT2D eigenvalue weighted by atomic mass is 10.2. The SMILES string of the molecule is CC(NS(=O)(=O)CC1CCCN1)c1cn[nH]c1. The van der Waals surface area contributed by atoms with Gasteiger partial charge in [-0.15, -0.1) is 0 Å². The van der Waals surface area contributed by atoms with E-state index >= 15 is 0 Å². The van der Waals surface area contributed by atoms with E-state index in [1.165, 1.54) is 0 Å². The summed E-state index contributed by atoms with van der Waals surface area (Å²) in [4.78, 5) is 0. The van der Waals surface area contributed by atoms with E-state index in [4.69, 9.17) is 0 Å². The Balaban J connectivity index is 1.92. The molecule has 0 radical (unpaired) electrons. The summed E-state index contributed by atoms with van der Waals surface area (Å²) in [5.74, 6) is 0.148. The number of hydrogen-bond donors (Lipinski definition) is 3. The first-order valence-corrected chi connectivity index (χ1v) is 7.44. The molecule has 1 aromatic rings. The van der Waals surface area contributed by atoms with Gasteiger partial charge in [-0.1, -0.05) is 0 Å². The first-order chi connectivity index (χ1) is 8.07. The molecule has 0 amide bonds. The maximum Gasteiger partial charge on any atom is 0.213 e. The largest absolute Gasteiger partial charge is 0.313 e. The van der Waals surface area contributed by atoms with Crippen LogP contribution in [0.1, 0.15) is 31.4 Å². The van der Waals surface area contributed by atoms with E-state index in [0.717, 1.165) is 24.9 Å². The minimum atomic E-state index is -3.24. The van der Waals surface area contributed by atoms with Crippen molar-refractivity contribution in [3.8, 4) is 0 Å². The van der Waals surface area contributed by atoms with Gasteiger partial charge in [0.05, 0.1) is 11.9 Å². The maximum absolute atomic E-state index is 11.9. The van der Waals surface area contributed by atoms with Gasteiger partial charge in [0.15, 0.2) is 0 Å². The molecule has 2 heterocycles. The zero-order valence-electron chi connectivity index (χ0n) is 9.81. The van der Waals surface area contributed by atoms with Crippen molar-refractivity contribution < 1.29 is 8.42 Å². The third-order valence-electron chi connectivity index (χ3n) is 2.96. The molecule has 0 spiro atoms. The van der Waals surface area contributed by atoms with E-state index in [2.05, 4.69) is 20.2 Å². The van der Waals surface area contributed by atoms with Crippen molar-refractivity contribution in [3.63, 3.8) is 0 Å². The standard InChI is InChI=1S/C10H18N4O2S/c1-8(9-5-12-13-6-9)14-17(15,16)7-10-3-2-4-11-10/h5-6,8,10-11,14H,2-4,7H2,1H3,(H,12,13). The minimum absolute atomic E-state index is 0.0871. The molecule has 1 aliphatic rings. The van der Waals surface area contributed by atoms with Crippen LogP contribution < -0.4 is 10.0 Å². The molecule has 96 valence electrons. The Bertz CT molecular complexity index is 437. The molecular formula is C10H18N4O2S. The average Bonchev–Trinajstić information content (AvgIpc) is 2.85. The van der Waals surface area contributed by atoms with Crippen LogP contribution in [0.4, 0.5) is 0 Å². The second kappa shape index (κ2) is 5.16. The lowest BCUT2D eigenvalue weighted by molar-refractivity contribution is 0.551. The Hall–Kier alpha value is -0.920. The third kappa shape index (κ3) is 3.52. The molecule has 1 fully saturated rings. The molecule has 7 heteroatoms. The first-order valence-electron chi connectivity index (χ1n) is 5.79. The van der Waals surface area contributed by atoms with Crippen molar-refractivity contribution in [2.75, 3.05) is 12.3 Å². The van der Waals surface area contributed by atoms with Crippen molar-refractivity contribution in [2.45, 2.75) is 31.8 Å². The smallest absolute Gasteiger partial charge is 0.213 e. The Kier molecular flexibility index (Phi) is 3.80. The highest BCUT2D eigenvalue weighted by atomic mass is 32.2. The summed E-state index contributed by atoms with van der Waals surface area (Å²) in [5.41, 5.74) is 0.841. The van der Waals surface area contributed by atoms with E-state index in [9.17, 15) is 8.42 Å². The number of nitrogens with one attached hydrogen (secondary N) is 3. The number of H-pyrrole nitrogens is 1. The predicted molar refractivity (Wildman–Crippen MR) is 64.9 cm³/mol. The molecule has 2 unspecified atom stereocenters. The van der Waals surface area contributed by atoms with E-state index in [0.29, 0.717) is 0 Å². The fourth-order valence-electron chi connectivity index (χ4n) is 2.05. The number of aromatic amines is 1. The van der Waals surface area contributed by atoms with E-state index < -0.39 is 10.0 Å². The molecule has 1 aromatic heterocycles. The van der Waals surface area contributed by atoms with Gasteiger partial charge in [-0.05, 0) is 26.3 Å². The average molecular weight is 258 g/mol. The van der Waals surface area contributed by atoms with Gasteiger partial charge in [0.25, 0.3) is 0 Å². The van der Waals surface area contributed by atoms with E-state index in [1.54, 1.807) is 12.4 Å². The van der Waals surface area contributed by atoms with Gasteiger partial charge in [-0.25, -0.2) is 13.1 Å². The Morgan fingerprint density at radius 1 is 1.65 bits per heavy atom. The van der Waals surface area contributed by atoms with Gasteiger partial charge in [-0.2, -0.15) is 5.10 Å².